The van der Waals surface area contributed by atoms with Crippen LogP contribution >= 0.6 is 23.8 Å². The van der Waals surface area contributed by atoms with Crippen molar-refractivity contribution in [2.45, 2.75) is 32.4 Å². The summed E-state index contributed by atoms with van der Waals surface area (Å²) in [4.78, 5) is 19.3. The minimum Gasteiger partial charge on any atom is -0.506 e. The number of benzene rings is 2. The molecule has 0 saturated carbocycles. The van der Waals surface area contributed by atoms with Gasteiger partial charge in [0.2, 0.25) is 5.91 Å². The van der Waals surface area contributed by atoms with Crippen molar-refractivity contribution in [3.8, 4) is 11.4 Å². The van der Waals surface area contributed by atoms with Gasteiger partial charge in [-0.2, -0.15) is 0 Å². The number of carbonyl (C=O) groups excluding carboxylic acids is 1. The third-order valence-electron chi connectivity index (χ3n) is 6.89. The second-order valence-electron chi connectivity index (χ2n) is 9.39. The van der Waals surface area contributed by atoms with E-state index in [9.17, 15) is 14.3 Å². The molecule has 39 heavy (non-hydrogen) atoms. The summed E-state index contributed by atoms with van der Waals surface area (Å²) in [7, 11) is 0. The average Bonchev–Trinajstić information content (AvgIpc) is 3.40. The minimum absolute atomic E-state index is 0.0927. The number of aromatic hydroxyl groups is 1. The molecular weight excluding hydrogens is 537 g/mol. The van der Waals surface area contributed by atoms with Crippen LogP contribution in [0.25, 0.3) is 5.69 Å². The summed E-state index contributed by atoms with van der Waals surface area (Å²) < 4.78 is 16.0. The van der Waals surface area contributed by atoms with Gasteiger partial charge < -0.3 is 25.2 Å². The van der Waals surface area contributed by atoms with E-state index in [-0.39, 0.29) is 35.8 Å². The van der Waals surface area contributed by atoms with Crippen LogP contribution in [-0.2, 0) is 4.79 Å². The summed E-state index contributed by atoms with van der Waals surface area (Å²) in [5.41, 5.74) is 4.26. The molecule has 1 amide bonds. The van der Waals surface area contributed by atoms with Gasteiger partial charge in [0.25, 0.3) is 0 Å². The van der Waals surface area contributed by atoms with E-state index in [1.807, 2.05) is 41.5 Å². The molecule has 0 bridgehead atoms. The Labute approximate surface area is 236 Å². The lowest BCUT2D eigenvalue weighted by atomic mass is 9.96. The summed E-state index contributed by atoms with van der Waals surface area (Å²) in [6, 6.07) is 18.2. The maximum atomic E-state index is 14.1. The zero-order chi connectivity index (χ0) is 27.7. The number of phenolic OH excluding ortho intramolecular Hbond substituents is 1. The second-order valence-corrected chi connectivity index (χ2v) is 10.2. The van der Waals surface area contributed by atoms with Gasteiger partial charge in [-0.1, -0.05) is 29.8 Å². The fourth-order valence-electron chi connectivity index (χ4n) is 5.12. The molecule has 4 aromatic rings. The molecule has 1 fully saturated rings. The van der Waals surface area contributed by atoms with E-state index in [1.54, 1.807) is 36.5 Å². The Morgan fingerprint density at radius 3 is 2.67 bits per heavy atom. The van der Waals surface area contributed by atoms with E-state index >= 15 is 0 Å². The number of anilines is 1. The van der Waals surface area contributed by atoms with Gasteiger partial charge in [0.1, 0.15) is 11.6 Å². The SMILES string of the molecule is Cc1cc(C2C(c3ccccn3)NC(=S)N2CCC(=O)Nc2ccccc2F)c(C)n1-c1cc(Cl)ccc1O. The first kappa shape index (κ1) is 26.6. The largest absolute Gasteiger partial charge is 0.506 e. The molecule has 5 rings (SSSR count). The van der Waals surface area contributed by atoms with Crippen LogP contribution in [-0.4, -0.2) is 37.1 Å². The number of amides is 1. The van der Waals surface area contributed by atoms with Crippen molar-refractivity contribution in [3.63, 3.8) is 0 Å². The topological polar surface area (TPSA) is 82.4 Å². The molecule has 3 N–H and O–H groups in total. The zero-order valence-corrected chi connectivity index (χ0v) is 22.9. The minimum atomic E-state index is -0.492. The fourth-order valence-corrected chi connectivity index (χ4v) is 5.61. The Balaban J connectivity index is 1.50. The van der Waals surface area contributed by atoms with Crippen molar-refractivity contribution >= 4 is 40.5 Å². The number of aromatic nitrogens is 2. The van der Waals surface area contributed by atoms with Crippen LogP contribution in [0, 0.1) is 19.7 Å². The molecule has 200 valence electrons. The third kappa shape index (κ3) is 5.32. The lowest BCUT2D eigenvalue weighted by Gasteiger charge is -2.28. The molecule has 1 aliphatic rings. The molecular formula is C29H27ClFN5O2S. The molecule has 0 spiro atoms. The van der Waals surface area contributed by atoms with Crippen molar-refractivity contribution < 1.29 is 14.3 Å². The van der Waals surface area contributed by atoms with Gasteiger partial charge in [-0.05, 0) is 80.2 Å². The predicted molar refractivity (Wildman–Crippen MR) is 154 cm³/mol. The van der Waals surface area contributed by atoms with Crippen LogP contribution in [0.15, 0.2) is 72.9 Å². The van der Waals surface area contributed by atoms with Crippen LogP contribution in [0.5, 0.6) is 5.75 Å². The second kappa shape index (κ2) is 11.0. The first-order valence-corrected chi connectivity index (χ1v) is 13.2. The monoisotopic (exact) mass is 563 g/mol. The number of rotatable bonds is 7. The number of phenols is 1. The molecule has 2 unspecified atom stereocenters. The van der Waals surface area contributed by atoms with Gasteiger partial charge in [-0.3, -0.25) is 9.78 Å². The highest BCUT2D eigenvalue weighted by Crippen LogP contribution is 2.42. The molecule has 3 heterocycles. The highest BCUT2D eigenvalue weighted by Gasteiger charge is 2.41. The van der Waals surface area contributed by atoms with Crippen LogP contribution in [0.4, 0.5) is 10.1 Å². The number of para-hydroxylation sites is 1. The number of hydrogen-bond donors (Lipinski definition) is 3. The number of nitrogens with one attached hydrogen (secondary N) is 2. The van der Waals surface area contributed by atoms with E-state index in [2.05, 4.69) is 21.7 Å². The van der Waals surface area contributed by atoms with E-state index in [0.717, 1.165) is 22.6 Å². The van der Waals surface area contributed by atoms with Crippen molar-refractivity contribution in [2.24, 2.45) is 0 Å². The van der Waals surface area contributed by atoms with E-state index in [1.165, 1.54) is 12.1 Å². The van der Waals surface area contributed by atoms with Gasteiger partial charge in [0.05, 0.1) is 29.2 Å². The summed E-state index contributed by atoms with van der Waals surface area (Å²) in [6.45, 7) is 4.23. The van der Waals surface area contributed by atoms with Crippen LogP contribution in [0.3, 0.4) is 0 Å². The molecule has 0 aliphatic carbocycles. The number of pyridine rings is 1. The molecule has 2 atom stereocenters. The summed E-state index contributed by atoms with van der Waals surface area (Å²) in [5.74, 6) is -0.706. The molecule has 0 radical (unpaired) electrons. The van der Waals surface area contributed by atoms with Crippen molar-refractivity contribution in [1.82, 2.24) is 19.8 Å². The lowest BCUT2D eigenvalue weighted by molar-refractivity contribution is -0.116. The Morgan fingerprint density at radius 1 is 1.15 bits per heavy atom. The standard InChI is InChI=1S/C29H27ClFN5O2S/c1-17-15-20(18(2)36(17)24-16-19(30)10-11-25(24)37)28-27(23-9-5-6-13-32-23)34-29(39)35(28)14-12-26(38)33-22-8-4-3-7-21(22)31/h3-11,13,15-16,27-28,37H,12,14H2,1-2H3,(H,33,38)(H,34,39). The summed E-state index contributed by atoms with van der Waals surface area (Å²) >= 11 is 12.0. The fraction of sp³-hybridized carbons (Fsp3) is 0.207. The molecule has 2 aromatic carbocycles. The molecule has 2 aromatic heterocycles. The van der Waals surface area contributed by atoms with Crippen LogP contribution < -0.4 is 10.6 Å². The van der Waals surface area contributed by atoms with Gasteiger partial charge in [-0.25, -0.2) is 4.39 Å². The van der Waals surface area contributed by atoms with E-state index in [0.29, 0.717) is 22.4 Å². The zero-order valence-electron chi connectivity index (χ0n) is 21.4. The number of halogens is 2. The number of hydrogen-bond acceptors (Lipinski definition) is 4. The first-order chi connectivity index (χ1) is 18.7. The number of carbonyl (C=O) groups is 1. The van der Waals surface area contributed by atoms with Crippen LogP contribution in [0.2, 0.25) is 5.02 Å². The summed E-state index contributed by atoms with van der Waals surface area (Å²) in [5, 5.41) is 17.7. The van der Waals surface area contributed by atoms with E-state index < -0.39 is 5.82 Å². The summed E-state index contributed by atoms with van der Waals surface area (Å²) in [6.07, 6.45) is 1.82. The van der Waals surface area contributed by atoms with Crippen molar-refractivity contribution in [3.05, 3.63) is 106 Å². The molecule has 1 aliphatic heterocycles. The highest BCUT2D eigenvalue weighted by molar-refractivity contribution is 7.80. The predicted octanol–water partition coefficient (Wildman–Crippen LogP) is 5.99. The van der Waals surface area contributed by atoms with Gasteiger partial charge in [-0.15, -0.1) is 0 Å². The number of thiocarbonyl (C=S) groups is 1. The number of aryl methyl sites for hydroxylation is 1. The smallest absolute Gasteiger partial charge is 0.226 e. The normalized spacial score (nSPS) is 16.8. The quantitative estimate of drug-likeness (QED) is 0.240. The Bertz CT molecular complexity index is 1540. The maximum absolute atomic E-state index is 14.1. The van der Waals surface area contributed by atoms with Crippen molar-refractivity contribution in [1.29, 1.82) is 0 Å². The van der Waals surface area contributed by atoms with Gasteiger partial charge in [0, 0.05) is 35.6 Å². The molecule has 7 nitrogen and oxygen atoms in total. The Morgan fingerprint density at radius 2 is 1.92 bits per heavy atom. The highest BCUT2D eigenvalue weighted by atomic mass is 35.5. The Kier molecular flexibility index (Phi) is 7.54. The molecule has 1 saturated heterocycles. The van der Waals surface area contributed by atoms with E-state index in [4.69, 9.17) is 23.8 Å². The van der Waals surface area contributed by atoms with Crippen molar-refractivity contribution in [2.75, 3.05) is 11.9 Å². The van der Waals surface area contributed by atoms with Crippen LogP contribution in [0.1, 0.15) is 41.1 Å². The Hall–Kier alpha value is -3.95. The lowest BCUT2D eigenvalue weighted by Crippen LogP contribution is -2.33. The maximum Gasteiger partial charge on any atom is 0.226 e. The first-order valence-electron chi connectivity index (χ1n) is 12.4. The van der Waals surface area contributed by atoms with Gasteiger partial charge in [0.15, 0.2) is 5.11 Å². The molecule has 10 heteroatoms. The third-order valence-corrected chi connectivity index (χ3v) is 7.48. The average molecular weight is 564 g/mol. The van der Waals surface area contributed by atoms with Gasteiger partial charge >= 0.3 is 0 Å². The number of nitrogens with zero attached hydrogens (tertiary/aromatic N) is 3.